The predicted molar refractivity (Wildman–Crippen MR) is 79.0 cm³/mol. The zero-order valence-corrected chi connectivity index (χ0v) is 12.4. The number of ether oxygens (including phenoxy) is 1. The van der Waals surface area contributed by atoms with Gasteiger partial charge in [0.05, 0.1) is 13.2 Å². The molecule has 0 aliphatic carbocycles. The van der Waals surface area contributed by atoms with E-state index in [1.807, 2.05) is 30.1 Å². The van der Waals surface area contributed by atoms with Gasteiger partial charge in [-0.1, -0.05) is 19.1 Å². The van der Waals surface area contributed by atoms with Gasteiger partial charge in [-0.2, -0.15) is 0 Å². The Morgan fingerprint density at radius 3 is 2.80 bits per heavy atom. The van der Waals surface area contributed by atoms with E-state index < -0.39 is 0 Å². The van der Waals surface area contributed by atoms with Crippen LogP contribution in [0.4, 0.5) is 4.79 Å². The number of nitrogens with zero attached hydrogens (tertiary/aromatic N) is 2. The third-order valence-electron chi connectivity index (χ3n) is 3.65. The van der Waals surface area contributed by atoms with E-state index in [0.717, 1.165) is 30.9 Å². The smallest absolute Gasteiger partial charge is 0.319 e. The lowest BCUT2D eigenvalue weighted by Gasteiger charge is -2.25. The van der Waals surface area contributed by atoms with Gasteiger partial charge in [0.25, 0.3) is 0 Å². The standard InChI is InChI=1S/C15H23N3O2/c1-4-16-14(11-18-9-8-17(2)15(18)19)12-6-5-7-13(10-12)20-3/h5-7,10,14,16H,4,8-9,11H2,1-3H3. The summed E-state index contributed by atoms with van der Waals surface area (Å²) < 4.78 is 5.27. The number of amides is 2. The Labute approximate surface area is 120 Å². The SMILES string of the molecule is CCNC(CN1CCN(C)C1=O)c1cccc(OC)c1. The number of methoxy groups -OCH3 is 1. The molecule has 1 aliphatic heterocycles. The summed E-state index contributed by atoms with van der Waals surface area (Å²) in [5.41, 5.74) is 1.15. The molecule has 2 rings (SSSR count). The van der Waals surface area contributed by atoms with Crippen molar-refractivity contribution in [3.63, 3.8) is 0 Å². The number of likely N-dealkylation sites (N-methyl/N-ethyl adjacent to an activating group) is 2. The van der Waals surface area contributed by atoms with Crippen LogP contribution in [0.1, 0.15) is 18.5 Å². The summed E-state index contributed by atoms with van der Waals surface area (Å²) in [4.78, 5) is 15.7. The van der Waals surface area contributed by atoms with Gasteiger partial charge in [0.15, 0.2) is 0 Å². The van der Waals surface area contributed by atoms with E-state index >= 15 is 0 Å². The first-order chi connectivity index (χ1) is 9.65. The lowest BCUT2D eigenvalue weighted by atomic mass is 10.1. The van der Waals surface area contributed by atoms with Gasteiger partial charge < -0.3 is 19.9 Å². The van der Waals surface area contributed by atoms with Crippen molar-refractivity contribution in [2.75, 3.05) is 40.3 Å². The number of hydrogen-bond acceptors (Lipinski definition) is 3. The number of carbonyl (C=O) groups is 1. The molecule has 1 N–H and O–H groups in total. The summed E-state index contributed by atoms with van der Waals surface area (Å²) in [7, 11) is 3.51. The molecule has 5 heteroatoms. The summed E-state index contributed by atoms with van der Waals surface area (Å²) >= 11 is 0. The molecule has 1 unspecified atom stereocenters. The van der Waals surface area contributed by atoms with Gasteiger partial charge in [0.2, 0.25) is 0 Å². The van der Waals surface area contributed by atoms with Gasteiger partial charge >= 0.3 is 6.03 Å². The van der Waals surface area contributed by atoms with Gasteiger partial charge in [-0.05, 0) is 24.2 Å². The second-order valence-corrected chi connectivity index (χ2v) is 5.04. The molecule has 1 atom stereocenters. The molecule has 2 amide bonds. The van der Waals surface area contributed by atoms with Crippen LogP contribution in [0.5, 0.6) is 5.75 Å². The summed E-state index contributed by atoms with van der Waals surface area (Å²) in [5.74, 6) is 0.843. The average molecular weight is 277 g/mol. The van der Waals surface area contributed by atoms with E-state index in [1.165, 1.54) is 0 Å². The molecule has 1 aromatic rings. The van der Waals surface area contributed by atoms with Crippen molar-refractivity contribution in [2.45, 2.75) is 13.0 Å². The van der Waals surface area contributed by atoms with Gasteiger partial charge in [-0.25, -0.2) is 4.79 Å². The molecular formula is C15H23N3O2. The highest BCUT2D eigenvalue weighted by Crippen LogP contribution is 2.21. The molecule has 110 valence electrons. The van der Waals surface area contributed by atoms with Crippen LogP contribution in [0.2, 0.25) is 0 Å². The van der Waals surface area contributed by atoms with Crippen molar-refractivity contribution in [1.82, 2.24) is 15.1 Å². The minimum absolute atomic E-state index is 0.107. The second kappa shape index (κ2) is 6.61. The van der Waals surface area contributed by atoms with E-state index in [-0.39, 0.29) is 12.1 Å². The number of urea groups is 1. The van der Waals surface area contributed by atoms with Crippen molar-refractivity contribution >= 4 is 6.03 Å². The predicted octanol–water partition coefficient (Wildman–Crippen LogP) is 1.71. The Bertz CT molecular complexity index is 464. The van der Waals surface area contributed by atoms with Gasteiger partial charge in [0, 0.05) is 26.7 Å². The maximum atomic E-state index is 12.0. The highest BCUT2D eigenvalue weighted by Gasteiger charge is 2.27. The van der Waals surface area contributed by atoms with Crippen LogP contribution < -0.4 is 10.1 Å². The van der Waals surface area contributed by atoms with E-state index in [0.29, 0.717) is 6.54 Å². The molecule has 1 aliphatic rings. The lowest BCUT2D eigenvalue weighted by molar-refractivity contribution is 0.194. The largest absolute Gasteiger partial charge is 0.497 e. The highest BCUT2D eigenvalue weighted by molar-refractivity contribution is 5.76. The molecule has 5 nitrogen and oxygen atoms in total. The summed E-state index contributed by atoms with van der Waals surface area (Å²) in [6.45, 7) is 5.21. The quantitative estimate of drug-likeness (QED) is 0.861. The van der Waals surface area contributed by atoms with Crippen molar-refractivity contribution in [3.8, 4) is 5.75 Å². The normalized spacial score (nSPS) is 16.6. The van der Waals surface area contributed by atoms with Crippen molar-refractivity contribution in [1.29, 1.82) is 0 Å². The third kappa shape index (κ3) is 3.22. The van der Waals surface area contributed by atoms with Crippen LogP contribution >= 0.6 is 0 Å². The Morgan fingerprint density at radius 1 is 1.40 bits per heavy atom. The maximum Gasteiger partial charge on any atom is 0.319 e. The molecule has 0 radical (unpaired) electrons. The zero-order valence-electron chi connectivity index (χ0n) is 12.4. The first kappa shape index (κ1) is 14.7. The number of rotatable bonds is 6. The van der Waals surface area contributed by atoms with Gasteiger partial charge in [-0.3, -0.25) is 0 Å². The minimum atomic E-state index is 0.107. The zero-order chi connectivity index (χ0) is 14.5. The van der Waals surface area contributed by atoms with Crippen molar-refractivity contribution in [3.05, 3.63) is 29.8 Å². The Morgan fingerprint density at radius 2 is 2.20 bits per heavy atom. The van der Waals surface area contributed by atoms with Gasteiger partial charge in [0.1, 0.15) is 5.75 Å². The molecule has 0 bridgehead atoms. The first-order valence-electron chi connectivity index (χ1n) is 7.03. The number of carbonyl (C=O) groups excluding carboxylic acids is 1. The monoisotopic (exact) mass is 277 g/mol. The van der Waals surface area contributed by atoms with E-state index in [9.17, 15) is 4.79 Å². The molecular weight excluding hydrogens is 254 g/mol. The molecule has 1 saturated heterocycles. The van der Waals surface area contributed by atoms with Crippen LogP contribution in [0.3, 0.4) is 0 Å². The number of benzene rings is 1. The van der Waals surface area contributed by atoms with Crippen LogP contribution in [-0.2, 0) is 0 Å². The Hall–Kier alpha value is -1.75. The van der Waals surface area contributed by atoms with E-state index in [4.69, 9.17) is 4.74 Å². The van der Waals surface area contributed by atoms with Crippen molar-refractivity contribution in [2.24, 2.45) is 0 Å². The topological polar surface area (TPSA) is 44.8 Å². The molecule has 1 aromatic carbocycles. The van der Waals surface area contributed by atoms with Gasteiger partial charge in [-0.15, -0.1) is 0 Å². The highest BCUT2D eigenvalue weighted by atomic mass is 16.5. The number of nitrogens with one attached hydrogen (secondary N) is 1. The lowest BCUT2D eigenvalue weighted by Crippen LogP contribution is -2.37. The first-order valence-corrected chi connectivity index (χ1v) is 7.03. The third-order valence-corrected chi connectivity index (χ3v) is 3.65. The molecule has 0 saturated carbocycles. The summed E-state index contributed by atoms with van der Waals surface area (Å²) in [6.07, 6.45) is 0. The van der Waals surface area contributed by atoms with Crippen LogP contribution in [0.25, 0.3) is 0 Å². The summed E-state index contributed by atoms with van der Waals surface area (Å²) in [6, 6.07) is 8.25. The molecule has 1 fully saturated rings. The van der Waals surface area contributed by atoms with E-state index in [1.54, 1.807) is 12.0 Å². The Balaban J connectivity index is 2.12. The summed E-state index contributed by atoms with van der Waals surface area (Å²) in [5, 5.41) is 3.44. The minimum Gasteiger partial charge on any atom is -0.497 e. The average Bonchev–Trinajstić information content (AvgIpc) is 2.79. The molecule has 20 heavy (non-hydrogen) atoms. The molecule has 0 aromatic heterocycles. The Kier molecular flexibility index (Phi) is 4.84. The van der Waals surface area contributed by atoms with Crippen LogP contribution in [0, 0.1) is 0 Å². The van der Waals surface area contributed by atoms with Crippen molar-refractivity contribution < 1.29 is 9.53 Å². The fourth-order valence-corrected chi connectivity index (χ4v) is 2.49. The maximum absolute atomic E-state index is 12.0. The fourth-order valence-electron chi connectivity index (χ4n) is 2.49. The van der Waals surface area contributed by atoms with Crippen LogP contribution in [0.15, 0.2) is 24.3 Å². The molecule has 0 spiro atoms. The second-order valence-electron chi connectivity index (χ2n) is 5.04. The van der Waals surface area contributed by atoms with E-state index in [2.05, 4.69) is 18.3 Å². The fraction of sp³-hybridized carbons (Fsp3) is 0.533. The number of hydrogen-bond donors (Lipinski definition) is 1. The molecule has 1 heterocycles. The van der Waals surface area contributed by atoms with Crippen LogP contribution in [-0.4, -0.2) is 56.2 Å².